The number of halogens is 4. The van der Waals surface area contributed by atoms with Crippen LogP contribution in [-0.2, 0) is 12.6 Å². The largest absolute Gasteiger partial charge is 0.419 e. The standard InChI is InChI=1S/C14H12F4N2O/c15-13-9(2-1-3-10(13)14(16,17)18)12(21)6-8-7-20-5-4-11(8)19/h1-5,7,12,21H,6H2,(H2,19,20). The number of alkyl halides is 3. The average molecular weight is 300 g/mol. The summed E-state index contributed by atoms with van der Waals surface area (Å²) >= 11 is 0. The molecule has 0 fully saturated rings. The first kappa shape index (κ1) is 15.2. The molecule has 3 nitrogen and oxygen atoms in total. The number of aromatic nitrogens is 1. The number of benzene rings is 1. The Hall–Kier alpha value is -2.15. The molecule has 0 radical (unpaired) electrons. The Kier molecular flexibility index (Phi) is 4.13. The van der Waals surface area contributed by atoms with Crippen LogP contribution < -0.4 is 5.73 Å². The smallest absolute Gasteiger partial charge is 0.398 e. The Morgan fingerprint density at radius 2 is 1.95 bits per heavy atom. The van der Waals surface area contributed by atoms with Gasteiger partial charge in [0.25, 0.3) is 0 Å². The molecule has 1 aromatic carbocycles. The first-order valence-corrected chi connectivity index (χ1v) is 6.02. The van der Waals surface area contributed by atoms with Crippen molar-refractivity contribution in [2.24, 2.45) is 0 Å². The molecule has 0 aliphatic carbocycles. The Bertz CT molecular complexity index is 643. The zero-order chi connectivity index (χ0) is 15.6. The van der Waals surface area contributed by atoms with Crippen LogP contribution >= 0.6 is 0 Å². The molecule has 1 atom stereocenters. The Morgan fingerprint density at radius 3 is 2.57 bits per heavy atom. The molecule has 1 heterocycles. The first-order chi connectivity index (χ1) is 9.80. The second-order valence-corrected chi connectivity index (χ2v) is 4.50. The predicted molar refractivity (Wildman–Crippen MR) is 68.7 cm³/mol. The topological polar surface area (TPSA) is 59.1 Å². The normalized spacial score (nSPS) is 13.2. The molecule has 0 aliphatic rings. The fraction of sp³-hybridized carbons (Fsp3) is 0.214. The van der Waals surface area contributed by atoms with Gasteiger partial charge in [-0.25, -0.2) is 4.39 Å². The molecular weight excluding hydrogens is 288 g/mol. The van der Waals surface area contributed by atoms with Gasteiger partial charge < -0.3 is 10.8 Å². The van der Waals surface area contributed by atoms with Crippen molar-refractivity contribution in [3.05, 3.63) is 59.2 Å². The zero-order valence-corrected chi connectivity index (χ0v) is 10.7. The van der Waals surface area contributed by atoms with Gasteiger partial charge in [-0.15, -0.1) is 0 Å². The number of hydrogen-bond donors (Lipinski definition) is 2. The van der Waals surface area contributed by atoms with Crippen molar-refractivity contribution in [1.29, 1.82) is 0 Å². The number of rotatable bonds is 3. The Morgan fingerprint density at radius 1 is 1.24 bits per heavy atom. The van der Waals surface area contributed by atoms with Crippen molar-refractivity contribution in [2.75, 3.05) is 5.73 Å². The molecule has 2 aromatic rings. The van der Waals surface area contributed by atoms with E-state index in [1.807, 2.05) is 0 Å². The van der Waals surface area contributed by atoms with Gasteiger partial charge in [0.2, 0.25) is 0 Å². The lowest BCUT2D eigenvalue weighted by Gasteiger charge is -2.16. The highest BCUT2D eigenvalue weighted by molar-refractivity contribution is 5.45. The summed E-state index contributed by atoms with van der Waals surface area (Å²) in [5.74, 6) is -1.47. The molecule has 1 aromatic heterocycles. The monoisotopic (exact) mass is 300 g/mol. The van der Waals surface area contributed by atoms with Gasteiger partial charge in [0, 0.05) is 30.1 Å². The second kappa shape index (κ2) is 5.69. The number of nitrogens with zero attached hydrogens (tertiary/aromatic N) is 1. The molecule has 0 saturated heterocycles. The van der Waals surface area contributed by atoms with E-state index in [2.05, 4.69) is 4.98 Å². The van der Waals surface area contributed by atoms with Gasteiger partial charge in [0.05, 0.1) is 11.7 Å². The SMILES string of the molecule is Nc1ccncc1CC(O)c1cccc(C(F)(F)F)c1F. The van der Waals surface area contributed by atoms with E-state index in [9.17, 15) is 22.7 Å². The van der Waals surface area contributed by atoms with E-state index in [-0.39, 0.29) is 6.42 Å². The number of aliphatic hydroxyl groups is 1. The number of nitrogens with two attached hydrogens (primary N) is 1. The van der Waals surface area contributed by atoms with E-state index < -0.39 is 29.2 Å². The van der Waals surface area contributed by atoms with Crippen molar-refractivity contribution >= 4 is 5.69 Å². The molecule has 7 heteroatoms. The van der Waals surface area contributed by atoms with E-state index >= 15 is 0 Å². The highest BCUT2D eigenvalue weighted by Gasteiger charge is 2.35. The van der Waals surface area contributed by atoms with Crippen molar-refractivity contribution < 1.29 is 22.7 Å². The van der Waals surface area contributed by atoms with Crippen molar-refractivity contribution in [1.82, 2.24) is 4.98 Å². The number of aliphatic hydroxyl groups excluding tert-OH is 1. The van der Waals surface area contributed by atoms with Crippen LogP contribution in [-0.4, -0.2) is 10.1 Å². The highest BCUT2D eigenvalue weighted by Crippen LogP contribution is 2.34. The van der Waals surface area contributed by atoms with Crippen LogP contribution in [0.15, 0.2) is 36.7 Å². The van der Waals surface area contributed by atoms with Crippen LogP contribution in [0.1, 0.15) is 22.8 Å². The Balaban J connectivity index is 2.32. The third-order valence-electron chi connectivity index (χ3n) is 3.05. The van der Waals surface area contributed by atoms with Crippen LogP contribution in [0, 0.1) is 5.82 Å². The molecule has 2 rings (SSSR count). The zero-order valence-electron chi connectivity index (χ0n) is 10.7. The minimum Gasteiger partial charge on any atom is -0.398 e. The molecule has 112 valence electrons. The third-order valence-corrected chi connectivity index (χ3v) is 3.05. The number of anilines is 1. The lowest BCUT2D eigenvalue weighted by Crippen LogP contribution is -2.13. The van der Waals surface area contributed by atoms with E-state index in [1.54, 1.807) is 0 Å². The van der Waals surface area contributed by atoms with E-state index in [1.165, 1.54) is 18.5 Å². The Labute approximate surface area is 118 Å². The third kappa shape index (κ3) is 3.30. The van der Waals surface area contributed by atoms with Gasteiger partial charge in [-0.3, -0.25) is 4.98 Å². The summed E-state index contributed by atoms with van der Waals surface area (Å²) in [5.41, 5.74) is 4.59. The molecule has 3 N–H and O–H groups in total. The summed E-state index contributed by atoms with van der Waals surface area (Å²) in [6.45, 7) is 0. The molecular formula is C14H12F4N2O. The molecule has 0 amide bonds. The first-order valence-electron chi connectivity index (χ1n) is 6.02. The maximum Gasteiger partial charge on any atom is 0.419 e. The lowest BCUT2D eigenvalue weighted by atomic mass is 9.99. The lowest BCUT2D eigenvalue weighted by molar-refractivity contribution is -0.140. The molecule has 0 saturated carbocycles. The van der Waals surface area contributed by atoms with Crippen molar-refractivity contribution in [3.63, 3.8) is 0 Å². The van der Waals surface area contributed by atoms with Crippen LogP contribution in [0.2, 0.25) is 0 Å². The van der Waals surface area contributed by atoms with Gasteiger partial charge in [-0.1, -0.05) is 12.1 Å². The summed E-state index contributed by atoms with van der Waals surface area (Å²) in [6.07, 6.45) is -3.57. The fourth-order valence-corrected chi connectivity index (χ4v) is 1.95. The van der Waals surface area contributed by atoms with Gasteiger partial charge in [0.1, 0.15) is 5.82 Å². The maximum absolute atomic E-state index is 13.9. The number of nitrogen functional groups attached to an aromatic ring is 1. The average Bonchev–Trinajstić information content (AvgIpc) is 2.40. The quantitative estimate of drug-likeness (QED) is 0.856. The van der Waals surface area contributed by atoms with E-state index in [0.29, 0.717) is 17.3 Å². The summed E-state index contributed by atoms with van der Waals surface area (Å²) in [5, 5.41) is 9.98. The number of pyridine rings is 1. The van der Waals surface area contributed by atoms with Crippen LogP contribution in [0.3, 0.4) is 0 Å². The highest BCUT2D eigenvalue weighted by atomic mass is 19.4. The molecule has 21 heavy (non-hydrogen) atoms. The van der Waals surface area contributed by atoms with E-state index in [4.69, 9.17) is 5.73 Å². The summed E-state index contributed by atoms with van der Waals surface area (Å²) in [4.78, 5) is 3.81. The van der Waals surface area contributed by atoms with Crippen LogP contribution in [0.5, 0.6) is 0 Å². The number of hydrogen-bond acceptors (Lipinski definition) is 3. The second-order valence-electron chi connectivity index (χ2n) is 4.50. The fourth-order valence-electron chi connectivity index (χ4n) is 1.95. The van der Waals surface area contributed by atoms with Gasteiger partial charge in [-0.2, -0.15) is 13.2 Å². The van der Waals surface area contributed by atoms with Gasteiger partial charge >= 0.3 is 6.18 Å². The molecule has 0 bridgehead atoms. The summed E-state index contributed by atoms with van der Waals surface area (Å²) in [7, 11) is 0. The minimum absolute atomic E-state index is 0.127. The minimum atomic E-state index is -4.81. The summed E-state index contributed by atoms with van der Waals surface area (Å²) < 4.78 is 51.8. The maximum atomic E-state index is 13.9. The van der Waals surface area contributed by atoms with Crippen molar-refractivity contribution in [2.45, 2.75) is 18.7 Å². The van der Waals surface area contributed by atoms with Gasteiger partial charge in [-0.05, 0) is 17.7 Å². The molecule has 0 aliphatic heterocycles. The van der Waals surface area contributed by atoms with Gasteiger partial charge in [0.15, 0.2) is 0 Å². The van der Waals surface area contributed by atoms with E-state index in [0.717, 1.165) is 12.1 Å². The molecule has 1 unspecified atom stereocenters. The van der Waals surface area contributed by atoms with Crippen LogP contribution in [0.4, 0.5) is 23.2 Å². The molecule has 0 spiro atoms. The summed E-state index contributed by atoms with van der Waals surface area (Å²) in [6, 6.07) is 4.29. The van der Waals surface area contributed by atoms with Crippen molar-refractivity contribution in [3.8, 4) is 0 Å². The predicted octanol–water partition coefficient (Wildman–Crippen LogP) is 3.10. The van der Waals surface area contributed by atoms with Crippen LogP contribution in [0.25, 0.3) is 0 Å².